The van der Waals surface area contributed by atoms with E-state index in [1.165, 1.54) is 5.56 Å². The Balaban J connectivity index is 2.13. The molecule has 0 spiro atoms. The van der Waals surface area contributed by atoms with Crippen molar-refractivity contribution in [1.82, 2.24) is 5.32 Å². The van der Waals surface area contributed by atoms with E-state index in [-0.39, 0.29) is 6.10 Å². The molecule has 4 heteroatoms. The summed E-state index contributed by atoms with van der Waals surface area (Å²) in [5.74, 6) is 2.59. The number of hydrogen-bond donors (Lipinski definition) is 2. The summed E-state index contributed by atoms with van der Waals surface area (Å²) in [5, 5.41) is 12.7. The van der Waals surface area contributed by atoms with Gasteiger partial charge in [-0.2, -0.15) is 11.8 Å². The van der Waals surface area contributed by atoms with E-state index < -0.39 is 0 Å². The third kappa shape index (κ3) is 4.73. The normalized spacial score (nSPS) is 13.0. The zero-order valence-corrected chi connectivity index (χ0v) is 10.1. The van der Waals surface area contributed by atoms with E-state index in [1.54, 1.807) is 18.0 Å². The van der Waals surface area contributed by atoms with Crippen LogP contribution in [0.5, 0.6) is 0 Å². The maximum atomic E-state index is 9.56. The maximum absolute atomic E-state index is 9.56. The van der Waals surface area contributed by atoms with Gasteiger partial charge in [-0.15, -0.1) is 0 Å². The fourth-order valence-electron chi connectivity index (χ4n) is 1.21. The number of furan rings is 1. The number of aliphatic hydroxyl groups excluding tert-OH is 1. The predicted molar refractivity (Wildman–Crippen MR) is 64.2 cm³/mol. The second-order valence-corrected chi connectivity index (χ2v) is 4.53. The van der Waals surface area contributed by atoms with Gasteiger partial charge in [-0.25, -0.2) is 0 Å². The van der Waals surface area contributed by atoms with Crippen molar-refractivity contribution in [3.63, 3.8) is 0 Å². The molecule has 0 fully saturated rings. The molecule has 86 valence electrons. The van der Waals surface area contributed by atoms with Crippen molar-refractivity contribution in [2.45, 2.75) is 25.7 Å². The minimum Gasteiger partial charge on any atom is -0.468 e. The lowest BCUT2D eigenvalue weighted by Crippen LogP contribution is -2.28. The molecule has 0 amide bonds. The molecule has 2 N–H and O–H groups in total. The molecule has 1 atom stereocenters. The third-order valence-electron chi connectivity index (χ3n) is 2.14. The Hall–Kier alpha value is -0.450. The molecule has 1 aromatic heterocycles. The summed E-state index contributed by atoms with van der Waals surface area (Å²) < 4.78 is 5.31. The van der Waals surface area contributed by atoms with Crippen molar-refractivity contribution in [3.8, 4) is 0 Å². The van der Waals surface area contributed by atoms with E-state index in [9.17, 15) is 5.11 Å². The smallest absolute Gasteiger partial charge is 0.116 e. The topological polar surface area (TPSA) is 45.4 Å². The van der Waals surface area contributed by atoms with Crippen molar-refractivity contribution in [3.05, 3.63) is 23.7 Å². The van der Waals surface area contributed by atoms with Gasteiger partial charge in [-0.3, -0.25) is 0 Å². The monoisotopic (exact) mass is 229 g/mol. The number of thioether (sulfide) groups is 1. The Bertz CT molecular complexity index is 275. The molecule has 0 saturated heterocycles. The lowest BCUT2D eigenvalue weighted by molar-refractivity contribution is 0.197. The quantitative estimate of drug-likeness (QED) is 0.748. The molecule has 15 heavy (non-hydrogen) atoms. The number of rotatable bonds is 7. The zero-order valence-electron chi connectivity index (χ0n) is 9.32. The fourth-order valence-corrected chi connectivity index (χ4v) is 2.20. The highest BCUT2D eigenvalue weighted by Crippen LogP contribution is 2.17. The van der Waals surface area contributed by atoms with E-state index >= 15 is 0 Å². The van der Waals surface area contributed by atoms with Crippen LogP contribution in [0.3, 0.4) is 0 Å². The van der Waals surface area contributed by atoms with Crippen molar-refractivity contribution < 1.29 is 9.52 Å². The molecule has 1 aromatic rings. The van der Waals surface area contributed by atoms with Crippen molar-refractivity contribution in [2.75, 3.05) is 18.8 Å². The molecule has 0 bridgehead atoms. The minimum atomic E-state index is -0.273. The van der Waals surface area contributed by atoms with Gasteiger partial charge in [0.1, 0.15) is 5.76 Å². The Morgan fingerprint density at radius 2 is 2.40 bits per heavy atom. The van der Waals surface area contributed by atoms with E-state index in [0.717, 1.165) is 23.8 Å². The average molecular weight is 229 g/mol. The van der Waals surface area contributed by atoms with Gasteiger partial charge >= 0.3 is 0 Å². The van der Waals surface area contributed by atoms with Crippen LogP contribution in [0.25, 0.3) is 0 Å². The Labute approximate surface area is 95.2 Å². The van der Waals surface area contributed by atoms with E-state index in [4.69, 9.17) is 4.42 Å². The van der Waals surface area contributed by atoms with E-state index in [2.05, 4.69) is 5.32 Å². The van der Waals surface area contributed by atoms with Crippen LogP contribution in [0.4, 0.5) is 0 Å². The van der Waals surface area contributed by atoms with Gasteiger partial charge in [0.05, 0.1) is 18.1 Å². The molecule has 1 heterocycles. The molecular weight excluding hydrogens is 210 g/mol. The van der Waals surface area contributed by atoms with Gasteiger partial charge in [0.25, 0.3) is 0 Å². The molecule has 0 aliphatic carbocycles. The van der Waals surface area contributed by atoms with Crippen LogP contribution in [0.15, 0.2) is 16.7 Å². The van der Waals surface area contributed by atoms with Crippen LogP contribution in [0, 0.1) is 6.92 Å². The molecule has 3 nitrogen and oxygen atoms in total. The Morgan fingerprint density at radius 1 is 1.60 bits per heavy atom. The maximum Gasteiger partial charge on any atom is 0.116 e. The van der Waals surface area contributed by atoms with Crippen LogP contribution in [0.1, 0.15) is 18.2 Å². The van der Waals surface area contributed by atoms with Crippen LogP contribution in [-0.2, 0) is 5.75 Å². The van der Waals surface area contributed by atoms with Crippen LogP contribution >= 0.6 is 11.8 Å². The number of nitrogens with one attached hydrogen (secondary N) is 1. The Kier molecular flexibility index (Phi) is 5.83. The fraction of sp³-hybridized carbons (Fsp3) is 0.636. The average Bonchev–Trinajstić information content (AvgIpc) is 2.61. The Morgan fingerprint density at radius 3 is 3.00 bits per heavy atom. The molecular formula is C11H19NO2S. The van der Waals surface area contributed by atoms with Crippen molar-refractivity contribution >= 4 is 11.8 Å². The first kappa shape index (κ1) is 12.6. The van der Waals surface area contributed by atoms with Crippen LogP contribution in [0.2, 0.25) is 0 Å². The number of aliphatic hydroxyl groups is 1. The van der Waals surface area contributed by atoms with Crippen molar-refractivity contribution in [2.24, 2.45) is 0 Å². The zero-order chi connectivity index (χ0) is 11.1. The third-order valence-corrected chi connectivity index (χ3v) is 3.23. The molecule has 0 saturated carbocycles. The summed E-state index contributed by atoms with van der Waals surface area (Å²) in [4.78, 5) is 0. The second-order valence-electron chi connectivity index (χ2n) is 3.50. The summed E-state index contributed by atoms with van der Waals surface area (Å²) >= 11 is 1.70. The SMILES string of the molecule is CCNCC(O)CSCc1occc1C. The highest BCUT2D eigenvalue weighted by molar-refractivity contribution is 7.98. The highest BCUT2D eigenvalue weighted by Gasteiger charge is 2.06. The molecule has 1 unspecified atom stereocenters. The van der Waals surface area contributed by atoms with Gasteiger partial charge in [0.2, 0.25) is 0 Å². The first-order valence-corrected chi connectivity index (χ1v) is 6.39. The van der Waals surface area contributed by atoms with E-state index in [1.807, 2.05) is 19.9 Å². The first-order valence-electron chi connectivity index (χ1n) is 5.23. The number of aryl methyl sites for hydroxylation is 1. The molecule has 0 aromatic carbocycles. The summed E-state index contributed by atoms with van der Waals surface area (Å²) in [6.07, 6.45) is 1.44. The van der Waals surface area contributed by atoms with Gasteiger partial charge in [-0.1, -0.05) is 6.92 Å². The minimum absolute atomic E-state index is 0.273. The number of hydrogen-bond acceptors (Lipinski definition) is 4. The van der Waals surface area contributed by atoms with Gasteiger partial charge < -0.3 is 14.8 Å². The molecule has 0 aliphatic rings. The van der Waals surface area contributed by atoms with Gasteiger partial charge in [-0.05, 0) is 25.1 Å². The van der Waals surface area contributed by atoms with Crippen LogP contribution < -0.4 is 5.32 Å². The first-order chi connectivity index (χ1) is 7.24. The standard InChI is InChI=1S/C11H19NO2S/c1-3-12-6-10(13)7-15-8-11-9(2)4-5-14-11/h4-5,10,12-13H,3,6-8H2,1-2H3. The lowest BCUT2D eigenvalue weighted by Gasteiger charge is -2.09. The predicted octanol–water partition coefficient (Wildman–Crippen LogP) is 1.79. The van der Waals surface area contributed by atoms with Gasteiger partial charge in [0, 0.05) is 12.3 Å². The second kappa shape index (κ2) is 6.93. The number of likely N-dealkylation sites (N-methyl/N-ethyl adjacent to an activating group) is 1. The summed E-state index contributed by atoms with van der Waals surface area (Å²) in [6.45, 7) is 5.64. The van der Waals surface area contributed by atoms with Crippen LogP contribution in [-0.4, -0.2) is 30.1 Å². The van der Waals surface area contributed by atoms with Gasteiger partial charge in [0.15, 0.2) is 0 Å². The molecule has 1 rings (SSSR count). The largest absolute Gasteiger partial charge is 0.468 e. The summed E-state index contributed by atoms with van der Waals surface area (Å²) in [7, 11) is 0. The molecule has 0 aliphatic heterocycles. The van der Waals surface area contributed by atoms with Crippen molar-refractivity contribution in [1.29, 1.82) is 0 Å². The lowest BCUT2D eigenvalue weighted by atomic mass is 10.3. The summed E-state index contributed by atoms with van der Waals surface area (Å²) in [6, 6.07) is 1.96. The summed E-state index contributed by atoms with van der Waals surface area (Å²) in [5.41, 5.74) is 1.18. The highest BCUT2D eigenvalue weighted by atomic mass is 32.2. The molecule has 0 radical (unpaired) electrons. The van der Waals surface area contributed by atoms with E-state index in [0.29, 0.717) is 6.54 Å².